The van der Waals surface area contributed by atoms with Gasteiger partial charge in [-0.25, -0.2) is 0 Å². The summed E-state index contributed by atoms with van der Waals surface area (Å²) in [5.74, 6) is 1.73. The topological polar surface area (TPSA) is 12.0 Å². The summed E-state index contributed by atoms with van der Waals surface area (Å²) in [7, 11) is 0. The SMILES string of the molecule is CC1CNC2(CCCCC2C(C)C)S1. The maximum Gasteiger partial charge on any atom is 0.0679 e. The molecule has 1 saturated heterocycles. The third-order valence-electron chi connectivity index (χ3n) is 3.82. The van der Waals surface area contributed by atoms with Gasteiger partial charge in [-0.3, -0.25) is 0 Å². The predicted octanol–water partition coefficient (Wildman–Crippen LogP) is 3.25. The molecule has 2 rings (SSSR count). The first-order valence-electron chi connectivity index (χ1n) is 6.07. The van der Waals surface area contributed by atoms with E-state index in [2.05, 4.69) is 37.8 Å². The number of nitrogens with one attached hydrogen (secondary N) is 1. The third-order valence-corrected chi connectivity index (χ3v) is 5.46. The van der Waals surface area contributed by atoms with Crippen LogP contribution in [0.15, 0.2) is 0 Å². The number of rotatable bonds is 1. The van der Waals surface area contributed by atoms with Gasteiger partial charge in [-0.15, -0.1) is 11.8 Å². The van der Waals surface area contributed by atoms with Gasteiger partial charge < -0.3 is 5.32 Å². The summed E-state index contributed by atoms with van der Waals surface area (Å²) < 4.78 is 0. The standard InChI is InChI=1S/C12H23NS/c1-9(2)11-6-4-5-7-12(11)13-8-10(3)14-12/h9-11,13H,4-8H2,1-3H3. The van der Waals surface area contributed by atoms with E-state index in [1.54, 1.807) is 0 Å². The molecule has 1 spiro atoms. The highest BCUT2D eigenvalue weighted by atomic mass is 32.2. The molecule has 0 aromatic heterocycles. The molecule has 2 aliphatic rings. The fourth-order valence-corrected chi connectivity index (χ4v) is 5.05. The minimum atomic E-state index is 0.450. The van der Waals surface area contributed by atoms with E-state index < -0.39 is 0 Å². The predicted molar refractivity (Wildman–Crippen MR) is 64.6 cm³/mol. The van der Waals surface area contributed by atoms with Crippen LogP contribution in [0.1, 0.15) is 46.5 Å². The molecule has 0 aromatic carbocycles. The molecule has 3 atom stereocenters. The fraction of sp³-hybridized carbons (Fsp3) is 1.00. The first kappa shape index (κ1) is 10.8. The maximum absolute atomic E-state index is 3.82. The van der Waals surface area contributed by atoms with E-state index in [4.69, 9.17) is 0 Å². The third kappa shape index (κ3) is 1.83. The molecule has 2 heteroatoms. The van der Waals surface area contributed by atoms with Crippen molar-refractivity contribution in [2.75, 3.05) is 6.54 Å². The summed E-state index contributed by atoms with van der Waals surface area (Å²) in [6.45, 7) is 8.36. The van der Waals surface area contributed by atoms with Crippen molar-refractivity contribution in [3.05, 3.63) is 0 Å². The van der Waals surface area contributed by atoms with Crippen LogP contribution < -0.4 is 5.32 Å². The van der Waals surface area contributed by atoms with E-state index in [-0.39, 0.29) is 0 Å². The molecule has 14 heavy (non-hydrogen) atoms. The molecule has 0 amide bonds. The second kappa shape index (κ2) is 4.05. The van der Waals surface area contributed by atoms with Gasteiger partial charge in [0.25, 0.3) is 0 Å². The Bertz CT molecular complexity index is 200. The Morgan fingerprint density at radius 1 is 1.36 bits per heavy atom. The molecule has 3 unspecified atom stereocenters. The Kier molecular flexibility index (Phi) is 3.13. The lowest BCUT2D eigenvalue weighted by molar-refractivity contribution is 0.188. The number of hydrogen-bond donors (Lipinski definition) is 1. The van der Waals surface area contributed by atoms with Gasteiger partial charge in [-0.05, 0) is 24.7 Å². The molecule has 82 valence electrons. The van der Waals surface area contributed by atoms with Crippen molar-refractivity contribution in [2.45, 2.75) is 56.6 Å². The Labute approximate surface area is 92.4 Å². The lowest BCUT2D eigenvalue weighted by Gasteiger charge is -2.43. The van der Waals surface area contributed by atoms with E-state index in [9.17, 15) is 0 Å². The average Bonchev–Trinajstić information content (AvgIpc) is 2.48. The van der Waals surface area contributed by atoms with Crippen LogP contribution in [-0.2, 0) is 0 Å². The van der Waals surface area contributed by atoms with Crippen molar-refractivity contribution in [1.29, 1.82) is 0 Å². The molecule has 0 aromatic rings. The van der Waals surface area contributed by atoms with Gasteiger partial charge >= 0.3 is 0 Å². The van der Waals surface area contributed by atoms with E-state index in [0.717, 1.165) is 17.1 Å². The summed E-state index contributed by atoms with van der Waals surface area (Å²) in [6.07, 6.45) is 5.70. The average molecular weight is 213 g/mol. The molecule has 2 fully saturated rings. The first-order valence-corrected chi connectivity index (χ1v) is 6.95. The molecule has 1 saturated carbocycles. The van der Waals surface area contributed by atoms with Crippen LogP contribution in [0.4, 0.5) is 0 Å². The van der Waals surface area contributed by atoms with Crippen molar-refractivity contribution in [2.24, 2.45) is 11.8 Å². The maximum atomic E-state index is 3.82. The van der Waals surface area contributed by atoms with Crippen LogP contribution in [0, 0.1) is 11.8 Å². The van der Waals surface area contributed by atoms with Crippen LogP contribution in [0.3, 0.4) is 0 Å². The Morgan fingerprint density at radius 2 is 2.14 bits per heavy atom. The quantitative estimate of drug-likeness (QED) is 0.717. The zero-order valence-corrected chi connectivity index (χ0v) is 10.5. The van der Waals surface area contributed by atoms with Crippen molar-refractivity contribution >= 4 is 11.8 Å². The lowest BCUT2D eigenvalue weighted by Crippen LogP contribution is -2.48. The van der Waals surface area contributed by atoms with E-state index in [1.165, 1.54) is 32.2 Å². The minimum absolute atomic E-state index is 0.450. The second-order valence-corrected chi connectivity index (χ2v) is 7.06. The first-order chi connectivity index (χ1) is 6.64. The largest absolute Gasteiger partial charge is 0.301 e. The van der Waals surface area contributed by atoms with Crippen LogP contribution in [-0.4, -0.2) is 16.7 Å². The van der Waals surface area contributed by atoms with Gasteiger partial charge in [0.05, 0.1) is 4.87 Å². The van der Waals surface area contributed by atoms with E-state index >= 15 is 0 Å². The van der Waals surface area contributed by atoms with Crippen molar-refractivity contribution < 1.29 is 0 Å². The van der Waals surface area contributed by atoms with Crippen molar-refractivity contribution in [3.8, 4) is 0 Å². The summed E-state index contributed by atoms with van der Waals surface area (Å²) in [4.78, 5) is 0.450. The Hall–Kier alpha value is 0.310. The van der Waals surface area contributed by atoms with Crippen LogP contribution in [0.25, 0.3) is 0 Å². The summed E-state index contributed by atoms with van der Waals surface area (Å²) in [6, 6.07) is 0. The zero-order chi connectivity index (χ0) is 10.2. The molecule has 1 aliphatic carbocycles. The number of hydrogen-bond acceptors (Lipinski definition) is 2. The monoisotopic (exact) mass is 213 g/mol. The molecular weight excluding hydrogens is 190 g/mol. The molecular formula is C12H23NS. The Balaban J connectivity index is 2.13. The van der Waals surface area contributed by atoms with Crippen molar-refractivity contribution in [1.82, 2.24) is 5.32 Å². The highest BCUT2D eigenvalue weighted by Gasteiger charge is 2.46. The van der Waals surface area contributed by atoms with Crippen LogP contribution in [0.2, 0.25) is 0 Å². The summed E-state index contributed by atoms with van der Waals surface area (Å²) in [5.41, 5.74) is 0. The zero-order valence-electron chi connectivity index (χ0n) is 9.68. The summed E-state index contributed by atoms with van der Waals surface area (Å²) in [5, 5.41) is 4.63. The molecule has 1 N–H and O–H groups in total. The minimum Gasteiger partial charge on any atom is -0.301 e. The van der Waals surface area contributed by atoms with Gasteiger partial charge in [0.1, 0.15) is 0 Å². The Morgan fingerprint density at radius 3 is 2.71 bits per heavy atom. The van der Waals surface area contributed by atoms with Gasteiger partial charge in [0.2, 0.25) is 0 Å². The van der Waals surface area contributed by atoms with Crippen molar-refractivity contribution in [3.63, 3.8) is 0 Å². The van der Waals surface area contributed by atoms with Gasteiger partial charge in [-0.2, -0.15) is 0 Å². The fourth-order valence-electron chi connectivity index (χ4n) is 3.17. The molecule has 0 bridgehead atoms. The normalized spacial score (nSPS) is 43.7. The second-order valence-electron chi connectivity index (χ2n) is 5.30. The molecule has 0 radical (unpaired) electrons. The van der Waals surface area contributed by atoms with Gasteiger partial charge in [0.15, 0.2) is 0 Å². The highest BCUT2D eigenvalue weighted by Crippen LogP contribution is 2.49. The van der Waals surface area contributed by atoms with Gasteiger partial charge in [-0.1, -0.05) is 33.6 Å². The molecule has 1 heterocycles. The molecule has 1 nitrogen and oxygen atoms in total. The van der Waals surface area contributed by atoms with Crippen LogP contribution >= 0.6 is 11.8 Å². The smallest absolute Gasteiger partial charge is 0.0679 e. The lowest BCUT2D eigenvalue weighted by atomic mass is 9.77. The molecule has 1 aliphatic heterocycles. The van der Waals surface area contributed by atoms with Crippen LogP contribution in [0.5, 0.6) is 0 Å². The summed E-state index contributed by atoms with van der Waals surface area (Å²) >= 11 is 2.21. The van der Waals surface area contributed by atoms with E-state index in [0.29, 0.717) is 4.87 Å². The van der Waals surface area contributed by atoms with Gasteiger partial charge in [0, 0.05) is 11.8 Å². The van der Waals surface area contributed by atoms with E-state index in [1.807, 2.05) is 0 Å². The highest BCUT2D eigenvalue weighted by molar-refractivity contribution is 8.01. The number of thioether (sulfide) groups is 1.